The van der Waals surface area contributed by atoms with Gasteiger partial charge in [-0.1, -0.05) is 31.5 Å². The zero-order valence-corrected chi connectivity index (χ0v) is 10.8. The molecule has 0 radical (unpaired) electrons. The van der Waals surface area contributed by atoms with Gasteiger partial charge in [0, 0.05) is 10.6 Å². The van der Waals surface area contributed by atoms with Crippen LogP contribution in [0.15, 0.2) is 29.2 Å². The summed E-state index contributed by atoms with van der Waals surface area (Å²) in [5, 5.41) is 10.1. The fourth-order valence-corrected chi connectivity index (χ4v) is 2.15. The largest absolute Gasteiger partial charge is 0.389 e. The van der Waals surface area contributed by atoms with Crippen molar-refractivity contribution in [3.8, 4) is 0 Å². The molecule has 0 spiro atoms. The monoisotopic (exact) mass is 224 g/mol. The maximum atomic E-state index is 10.1. The van der Waals surface area contributed by atoms with Crippen LogP contribution in [0, 0.1) is 12.8 Å². The van der Waals surface area contributed by atoms with Gasteiger partial charge in [-0.2, -0.15) is 0 Å². The molecule has 0 amide bonds. The quantitative estimate of drug-likeness (QED) is 0.790. The van der Waals surface area contributed by atoms with Gasteiger partial charge >= 0.3 is 0 Å². The van der Waals surface area contributed by atoms with E-state index in [2.05, 4.69) is 45.0 Å². The summed E-state index contributed by atoms with van der Waals surface area (Å²) in [4.78, 5) is 1.22. The van der Waals surface area contributed by atoms with E-state index in [9.17, 15) is 5.11 Å². The Kier molecular flexibility index (Phi) is 4.23. The van der Waals surface area contributed by atoms with Crippen LogP contribution in [0.3, 0.4) is 0 Å². The molecule has 15 heavy (non-hydrogen) atoms. The molecule has 0 aliphatic heterocycles. The molecule has 0 saturated carbocycles. The summed E-state index contributed by atoms with van der Waals surface area (Å²) in [5.41, 5.74) is 0.685. The molecule has 0 aliphatic carbocycles. The molecule has 1 atom stereocenters. The van der Waals surface area contributed by atoms with E-state index in [4.69, 9.17) is 0 Å². The predicted octanol–water partition coefficient (Wildman–Crippen LogP) is 3.49. The average Bonchev–Trinajstić information content (AvgIpc) is 2.17. The van der Waals surface area contributed by atoms with E-state index in [0.717, 1.165) is 5.75 Å². The second-order valence-electron chi connectivity index (χ2n) is 4.61. The average molecular weight is 224 g/mol. The number of rotatable bonds is 4. The summed E-state index contributed by atoms with van der Waals surface area (Å²) in [7, 11) is 0. The number of thioether (sulfide) groups is 1. The van der Waals surface area contributed by atoms with Crippen molar-refractivity contribution in [2.75, 3.05) is 5.75 Å². The summed E-state index contributed by atoms with van der Waals surface area (Å²) in [6.07, 6.45) is 0. The molecule has 0 saturated heterocycles. The van der Waals surface area contributed by atoms with E-state index >= 15 is 0 Å². The minimum atomic E-state index is -0.588. The highest BCUT2D eigenvalue weighted by Gasteiger charge is 2.24. The summed E-state index contributed by atoms with van der Waals surface area (Å²) in [5.74, 6) is 1.03. The molecule has 1 rings (SSSR count). The molecule has 84 valence electrons. The molecule has 0 heterocycles. The highest BCUT2D eigenvalue weighted by Crippen LogP contribution is 2.27. The van der Waals surface area contributed by atoms with Gasteiger partial charge in [0.15, 0.2) is 0 Å². The topological polar surface area (TPSA) is 20.2 Å². The normalized spacial score (nSPS) is 15.3. The van der Waals surface area contributed by atoms with Crippen molar-refractivity contribution in [2.24, 2.45) is 5.92 Å². The third kappa shape index (κ3) is 3.88. The first-order chi connectivity index (χ1) is 6.92. The van der Waals surface area contributed by atoms with Gasteiger partial charge in [0.1, 0.15) is 0 Å². The lowest BCUT2D eigenvalue weighted by Crippen LogP contribution is -2.33. The van der Waals surface area contributed by atoms with Crippen molar-refractivity contribution in [3.63, 3.8) is 0 Å². The molecule has 1 N–H and O–H groups in total. The first-order valence-corrected chi connectivity index (χ1v) is 6.32. The van der Waals surface area contributed by atoms with Gasteiger partial charge in [-0.25, -0.2) is 0 Å². The Morgan fingerprint density at radius 3 is 2.27 bits per heavy atom. The third-order valence-electron chi connectivity index (χ3n) is 2.80. The summed E-state index contributed by atoms with van der Waals surface area (Å²) < 4.78 is 0. The summed E-state index contributed by atoms with van der Waals surface area (Å²) in [6.45, 7) is 8.09. The zero-order chi connectivity index (χ0) is 11.5. The van der Waals surface area contributed by atoms with Crippen LogP contribution in [0.2, 0.25) is 0 Å². The van der Waals surface area contributed by atoms with E-state index in [1.54, 1.807) is 11.8 Å². The van der Waals surface area contributed by atoms with Crippen molar-refractivity contribution in [1.82, 2.24) is 0 Å². The fraction of sp³-hybridized carbons (Fsp3) is 0.538. The smallest absolute Gasteiger partial charge is 0.0736 e. The summed E-state index contributed by atoms with van der Waals surface area (Å²) >= 11 is 1.71. The van der Waals surface area contributed by atoms with E-state index in [0.29, 0.717) is 0 Å². The van der Waals surface area contributed by atoms with Crippen LogP contribution in [0.25, 0.3) is 0 Å². The van der Waals surface area contributed by atoms with Crippen LogP contribution in [0.5, 0.6) is 0 Å². The molecular formula is C13H20OS. The minimum Gasteiger partial charge on any atom is -0.389 e. The van der Waals surface area contributed by atoms with Gasteiger partial charge in [-0.05, 0) is 31.9 Å². The van der Waals surface area contributed by atoms with Crippen LogP contribution in [0.1, 0.15) is 26.3 Å². The Bertz CT molecular complexity index is 301. The molecule has 1 aromatic rings. The van der Waals surface area contributed by atoms with Crippen LogP contribution in [-0.4, -0.2) is 16.5 Å². The first kappa shape index (κ1) is 12.6. The van der Waals surface area contributed by atoms with Gasteiger partial charge in [0.05, 0.1) is 5.60 Å². The minimum absolute atomic E-state index is 0.287. The molecule has 1 nitrogen and oxygen atoms in total. The molecule has 0 aromatic heterocycles. The maximum Gasteiger partial charge on any atom is 0.0736 e. The van der Waals surface area contributed by atoms with E-state index in [1.807, 2.05) is 6.92 Å². The lowest BCUT2D eigenvalue weighted by atomic mass is 9.95. The Morgan fingerprint density at radius 2 is 1.80 bits per heavy atom. The molecule has 1 unspecified atom stereocenters. The number of hydrogen-bond acceptors (Lipinski definition) is 2. The molecule has 0 bridgehead atoms. The highest BCUT2D eigenvalue weighted by atomic mass is 32.2. The number of aryl methyl sites for hydroxylation is 1. The standard InChI is InChI=1S/C13H20OS/c1-10(2)13(4,14)9-15-12-7-5-11(3)6-8-12/h5-8,10,14H,9H2,1-4H3. The molecule has 2 heteroatoms. The van der Waals surface area contributed by atoms with Crippen LogP contribution in [-0.2, 0) is 0 Å². The van der Waals surface area contributed by atoms with Gasteiger partial charge in [-0.3, -0.25) is 0 Å². The SMILES string of the molecule is Cc1ccc(SCC(C)(O)C(C)C)cc1. The van der Waals surface area contributed by atoms with Crippen molar-refractivity contribution in [1.29, 1.82) is 0 Å². The Labute approximate surface area is 96.9 Å². The van der Waals surface area contributed by atoms with Gasteiger partial charge in [-0.15, -0.1) is 11.8 Å². The number of aliphatic hydroxyl groups is 1. The third-order valence-corrected chi connectivity index (χ3v) is 4.13. The lowest BCUT2D eigenvalue weighted by Gasteiger charge is -2.27. The van der Waals surface area contributed by atoms with Crippen molar-refractivity contribution in [2.45, 2.75) is 38.2 Å². The predicted molar refractivity (Wildman–Crippen MR) is 67.4 cm³/mol. The summed E-state index contributed by atoms with van der Waals surface area (Å²) in [6, 6.07) is 8.42. The molecule has 0 fully saturated rings. The fourth-order valence-electron chi connectivity index (χ4n) is 1.03. The van der Waals surface area contributed by atoms with E-state index in [1.165, 1.54) is 10.5 Å². The Hall–Kier alpha value is -0.470. The van der Waals surface area contributed by atoms with E-state index < -0.39 is 5.60 Å². The van der Waals surface area contributed by atoms with Gasteiger partial charge in [0.25, 0.3) is 0 Å². The van der Waals surface area contributed by atoms with Crippen LogP contribution in [0.4, 0.5) is 0 Å². The number of hydrogen-bond donors (Lipinski definition) is 1. The van der Waals surface area contributed by atoms with E-state index in [-0.39, 0.29) is 5.92 Å². The first-order valence-electron chi connectivity index (χ1n) is 5.33. The Morgan fingerprint density at radius 1 is 1.27 bits per heavy atom. The van der Waals surface area contributed by atoms with Gasteiger partial charge < -0.3 is 5.11 Å². The second kappa shape index (κ2) is 5.04. The number of benzene rings is 1. The van der Waals surface area contributed by atoms with Gasteiger partial charge in [0.2, 0.25) is 0 Å². The van der Waals surface area contributed by atoms with Crippen molar-refractivity contribution in [3.05, 3.63) is 29.8 Å². The Balaban J connectivity index is 2.54. The molecular weight excluding hydrogens is 204 g/mol. The van der Waals surface area contributed by atoms with Crippen LogP contribution < -0.4 is 0 Å². The van der Waals surface area contributed by atoms with Crippen molar-refractivity contribution >= 4 is 11.8 Å². The van der Waals surface area contributed by atoms with Crippen molar-refractivity contribution < 1.29 is 5.11 Å². The lowest BCUT2D eigenvalue weighted by molar-refractivity contribution is 0.0376. The highest BCUT2D eigenvalue weighted by molar-refractivity contribution is 7.99. The molecule has 1 aromatic carbocycles. The molecule has 0 aliphatic rings. The zero-order valence-electron chi connectivity index (χ0n) is 9.95. The maximum absolute atomic E-state index is 10.1. The van der Waals surface area contributed by atoms with Crippen LogP contribution >= 0.6 is 11.8 Å². The second-order valence-corrected chi connectivity index (χ2v) is 5.66.